The minimum atomic E-state index is 0.372. The quantitative estimate of drug-likeness (QED) is 0.903. The van der Waals surface area contributed by atoms with Crippen molar-refractivity contribution >= 4 is 5.69 Å². The van der Waals surface area contributed by atoms with Gasteiger partial charge in [0.2, 0.25) is 0 Å². The molecule has 2 atom stereocenters. The average molecular weight is 290 g/mol. The van der Waals surface area contributed by atoms with Crippen molar-refractivity contribution in [2.75, 3.05) is 38.1 Å². The summed E-state index contributed by atoms with van der Waals surface area (Å²) in [5.74, 6) is 0. The van der Waals surface area contributed by atoms with Gasteiger partial charge in [-0.05, 0) is 52.0 Å². The fraction of sp³-hybridized carbons (Fsp3) is 0.706. The van der Waals surface area contributed by atoms with Gasteiger partial charge in [-0.25, -0.2) is 0 Å². The van der Waals surface area contributed by atoms with E-state index in [0.29, 0.717) is 12.1 Å². The zero-order chi connectivity index (χ0) is 15.2. The van der Waals surface area contributed by atoms with Crippen molar-refractivity contribution in [3.63, 3.8) is 0 Å². The van der Waals surface area contributed by atoms with Gasteiger partial charge in [0.25, 0.3) is 0 Å². The second-order valence-corrected chi connectivity index (χ2v) is 6.12. The van der Waals surface area contributed by atoms with Crippen LogP contribution >= 0.6 is 0 Å². The van der Waals surface area contributed by atoms with E-state index in [4.69, 9.17) is 4.98 Å². The lowest BCUT2D eigenvalue weighted by molar-refractivity contribution is 0.337. The maximum absolute atomic E-state index is 4.71. The normalized spacial score (nSPS) is 22.1. The summed E-state index contributed by atoms with van der Waals surface area (Å²) in [7, 11) is 2.21. The van der Waals surface area contributed by atoms with Gasteiger partial charge in [-0.1, -0.05) is 13.8 Å². The molecule has 1 N–H and O–H groups in total. The molecule has 0 saturated carbocycles. The van der Waals surface area contributed by atoms with E-state index in [9.17, 15) is 0 Å². The number of pyridine rings is 1. The second-order valence-electron chi connectivity index (χ2n) is 6.12. The summed E-state index contributed by atoms with van der Waals surface area (Å²) in [5.41, 5.74) is 2.41. The van der Waals surface area contributed by atoms with E-state index >= 15 is 0 Å². The summed E-state index contributed by atoms with van der Waals surface area (Å²) in [4.78, 5) is 9.63. The molecule has 0 amide bonds. The zero-order valence-corrected chi connectivity index (χ0v) is 14.0. The lowest BCUT2D eigenvalue weighted by Gasteiger charge is -2.30. The van der Waals surface area contributed by atoms with Gasteiger partial charge in [0, 0.05) is 25.2 Å². The van der Waals surface area contributed by atoms with Gasteiger partial charge in [0.1, 0.15) is 0 Å². The molecule has 2 unspecified atom stereocenters. The smallest absolute Gasteiger partial charge is 0.0574 e. The summed E-state index contributed by atoms with van der Waals surface area (Å²) >= 11 is 0. The molecule has 4 nitrogen and oxygen atoms in total. The molecule has 0 aromatic carbocycles. The molecule has 118 valence electrons. The lowest BCUT2D eigenvalue weighted by atomic mass is 10.1. The van der Waals surface area contributed by atoms with Gasteiger partial charge in [-0.2, -0.15) is 0 Å². The molecule has 21 heavy (non-hydrogen) atoms. The predicted molar refractivity (Wildman–Crippen MR) is 89.9 cm³/mol. The third-order valence-corrected chi connectivity index (χ3v) is 4.36. The highest BCUT2D eigenvalue weighted by Crippen LogP contribution is 2.22. The van der Waals surface area contributed by atoms with Crippen LogP contribution in [0.3, 0.4) is 0 Å². The number of likely N-dealkylation sites (N-methyl/N-ethyl adjacent to an activating group) is 1. The van der Waals surface area contributed by atoms with E-state index in [2.05, 4.69) is 61.3 Å². The van der Waals surface area contributed by atoms with Crippen molar-refractivity contribution in [2.24, 2.45) is 0 Å². The van der Waals surface area contributed by atoms with Crippen LogP contribution in [-0.4, -0.2) is 49.2 Å². The van der Waals surface area contributed by atoms with Gasteiger partial charge in [0.05, 0.1) is 17.6 Å². The molecule has 1 aliphatic heterocycles. The zero-order valence-electron chi connectivity index (χ0n) is 14.0. The van der Waals surface area contributed by atoms with Crippen molar-refractivity contribution < 1.29 is 0 Å². The topological polar surface area (TPSA) is 31.4 Å². The van der Waals surface area contributed by atoms with E-state index in [1.54, 1.807) is 0 Å². The first kappa shape index (κ1) is 16.2. The number of nitrogens with zero attached hydrogens (tertiary/aromatic N) is 3. The molecule has 1 aromatic rings. The van der Waals surface area contributed by atoms with Crippen molar-refractivity contribution in [2.45, 2.75) is 45.7 Å². The minimum Gasteiger partial charge on any atom is -0.366 e. The summed E-state index contributed by atoms with van der Waals surface area (Å²) < 4.78 is 0. The van der Waals surface area contributed by atoms with Crippen molar-refractivity contribution in [1.82, 2.24) is 15.2 Å². The predicted octanol–water partition coefficient (Wildman–Crippen LogP) is 2.67. The van der Waals surface area contributed by atoms with Crippen LogP contribution in [0.5, 0.6) is 0 Å². The molecule has 4 heteroatoms. The van der Waals surface area contributed by atoms with Gasteiger partial charge in [-0.15, -0.1) is 0 Å². The second kappa shape index (κ2) is 7.76. The van der Waals surface area contributed by atoms with Crippen molar-refractivity contribution in [3.05, 3.63) is 24.0 Å². The molecule has 1 saturated heterocycles. The van der Waals surface area contributed by atoms with Gasteiger partial charge >= 0.3 is 0 Å². The molecule has 0 spiro atoms. The summed E-state index contributed by atoms with van der Waals surface area (Å²) in [6, 6.07) is 5.34. The lowest BCUT2D eigenvalue weighted by Crippen LogP contribution is -2.38. The van der Waals surface area contributed by atoms with E-state index in [1.165, 1.54) is 18.7 Å². The van der Waals surface area contributed by atoms with Gasteiger partial charge in [0.15, 0.2) is 0 Å². The first-order chi connectivity index (χ1) is 10.2. The molecule has 2 rings (SSSR count). The number of aromatic nitrogens is 1. The SMILES string of the molecule is CCNC(CC)c1ccc(N2CCCN(C)CC2C)cn1. The van der Waals surface area contributed by atoms with Gasteiger partial charge in [-0.3, -0.25) is 4.98 Å². The van der Waals surface area contributed by atoms with Gasteiger partial charge < -0.3 is 15.1 Å². The highest BCUT2D eigenvalue weighted by Gasteiger charge is 2.20. The Morgan fingerprint density at radius 2 is 2.14 bits per heavy atom. The molecule has 0 radical (unpaired) electrons. The van der Waals surface area contributed by atoms with Crippen LogP contribution in [0.2, 0.25) is 0 Å². The molecule has 1 aliphatic rings. The fourth-order valence-corrected chi connectivity index (χ4v) is 3.23. The fourth-order valence-electron chi connectivity index (χ4n) is 3.23. The molecular formula is C17H30N4. The molecule has 2 heterocycles. The van der Waals surface area contributed by atoms with E-state index in [1.807, 2.05) is 0 Å². The van der Waals surface area contributed by atoms with E-state index in [0.717, 1.165) is 31.7 Å². The molecule has 1 fully saturated rings. The van der Waals surface area contributed by atoms with Crippen LogP contribution in [-0.2, 0) is 0 Å². The first-order valence-electron chi connectivity index (χ1n) is 8.30. The number of hydrogen-bond acceptors (Lipinski definition) is 4. The standard InChI is InChI=1S/C17H30N4/c1-5-16(18-6-2)17-9-8-15(12-19-17)21-11-7-10-20(4)13-14(21)3/h8-9,12,14,16,18H,5-7,10-11,13H2,1-4H3. The highest BCUT2D eigenvalue weighted by atomic mass is 15.2. The van der Waals surface area contributed by atoms with Crippen LogP contribution in [0, 0.1) is 0 Å². The maximum Gasteiger partial charge on any atom is 0.0574 e. The Morgan fingerprint density at radius 1 is 1.33 bits per heavy atom. The van der Waals surface area contributed by atoms with Crippen LogP contribution in [0.25, 0.3) is 0 Å². The monoisotopic (exact) mass is 290 g/mol. The molecule has 1 aromatic heterocycles. The Bertz CT molecular complexity index is 417. The third kappa shape index (κ3) is 4.17. The number of nitrogens with one attached hydrogen (secondary N) is 1. The maximum atomic E-state index is 4.71. The Labute approximate surface area is 129 Å². The Morgan fingerprint density at radius 3 is 2.76 bits per heavy atom. The van der Waals surface area contributed by atoms with E-state index < -0.39 is 0 Å². The van der Waals surface area contributed by atoms with Crippen molar-refractivity contribution in [3.8, 4) is 0 Å². The molecule has 0 aliphatic carbocycles. The minimum absolute atomic E-state index is 0.372. The third-order valence-electron chi connectivity index (χ3n) is 4.36. The highest BCUT2D eigenvalue weighted by molar-refractivity contribution is 5.46. The number of rotatable bonds is 5. The Hall–Kier alpha value is -1.13. The van der Waals surface area contributed by atoms with E-state index in [-0.39, 0.29) is 0 Å². The van der Waals surface area contributed by atoms with Crippen LogP contribution < -0.4 is 10.2 Å². The number of anilines is 1. The summed E-state index contributed by atoms with van der Waals surface area (Å²) in [6.07, 6.45) is 4.35. The largest absolute Gasteiger partial charge is 0.366 e. The van der Waals surface area contributed by atoms with Crippen LogP contribution in [0.15, 0.2) is 18.3 Å². The molecule has 0 bridgehead atoms. The average Bonchev–Trinajstić information content (AvgIpc) is 2.65. The number of hydrogen-bond donors (Lipinski definition) is 1. The molecular weight excluding hydrogens is 260 g/mol. The Kier molecular flexibility index (Phi) is 6.00. The Balaban J connectivity index is 2.10. The van der Waals surface area contributed by atoms with Crippen LogP contribution in [0.4, 0.5) is 5.69 Å². The first-order valence-corrected chi connectivity index (χ1v) is 8.30. The van der Waals surface area contributed by atoms with Crippen LogP contribution in [0.1, 0.15) is 45.3 Å². The van der Waals surface area contributed by atoms with Crippen molar-refractivity contribution in [1.29, 1.82) is 0 Å². The summed E-state index contributed by atoms with van der Waals surface area (Å²) in [6.45, 7) is 11.1. The summed E-state index contributed by atoms with van der Waals surface area (Å²) in [5, 5.41) is 3.49.